The van der Waals surface area contributed by atoms with Crippen LogP contribution in [0.1, 0.15) is 34.5 Å². The zero-order valence-corrected chi connectivity index (χ0v) is 21.1. The molecule has 4 N–H and O–H groups in total. The number of anilines is 3. The molecule has 0 bridgehead atoms. The van der Waals surface area contributed by atoms with Crippen LogP contribution < -0.4 is 21.3 Å². The molecule has 0 aliphatic heterocycles. The van der Waals surface area contributed by atoms with Crippen molar-refractivity contribution < 1.29 is 31.9 Å². The second kappa shape index (κ2) is 14.0. The molecule has 3 aromatic rings. The molecule has 3 rings (SSSR count). The Morgan fingerprint density at radius 2 is 1.79 bits per heavy atom. The number of alkyl halides is 3. The van der Waals surface area contributed by atoms with E-state index >= 15 is 0 Å². The average molecular weight is 549 g/mol. The predicted octanol–water partition coefficient (Wildman–Crippen LogP) is 4.26. The molecule has 0 spiro atoms. The first-order valence-corrected chi connectivity index (χ1v) is 12.0. The lowest BCUT2D eigenvalue weighted by Gasteiger charge is -2.14. The fourth-order valence-electron chi connectivity index (χ4n) is 3.34. The van der Waals surface area contributed by atoms with Crippen LogP contribution >= 0.6 is 0 Å². The molecule has 0 atom stereocenters. The SMILES string of the molecule is CNc1cncc(C(=O)NCCCOCCC(=O)NCc2ccc(Nc3ccc(F)cc3C(F)(F)F)cn2)c1. The summed E-state index contributed by atoms with van der Waals surface area (Å²) in [6.45, 7) is 1.09. The number of pyridine rings is 2. The molecule has 1 aromatic carbocycles. The maximum atomic E-state index is 13.3. The molecular weight excluding hydrogens is 520 g/mol. The lowest BCUT2D eigenvalue weighted by molar-refractivity contribution is -0.137. The van der Waals surface area contributed by atoms with E-state index in [4.69, 9.17) is 4.74 Å². The summed E-state index contributed by atoms with van der Waals surface area (Å²) >= 11 is 0. The number of aromatic nitrogens is 2. The molecular formula is C26H28F4N6O3. The molecule has 0 saturated carbocycles. The number of hydrogen-bond donors (Lipinski definition) is 4. The van der Waals surface area contributed by atoms with Gasteiger partial charge in [-0.1, -0.05) is 0 Å². The number of carbonyl (C=O) groups excluding carboxylic acids is 2. The summed E-state index contributed by atoms with van der Waals surface area (Å²) in [6, 6.07) is 7.11. The second-order valence-corrected chi connectivity index (χ2v) is 8.31. The third kappa shape index (κ3) is 9.52. The number of hydrogen-bond acceptors (Lipinski definition) is 7. The van der Waals surface area contributed by atoms with Gasteiger partial charge in [0.05, 0.1) is 53.2 Å². The Bertz CT molecular complexity index is 1260. The van der Waals surface area contributed by atoms with Crippen molar-refractivity contribution >= 4 is 28.9 Å². The van der Waals surface area contributed by atoms with E-state index in [1.54, 1.807) is 25.4 Å². The van der Waals surface area contributed by atoms with E-state index in [2.05, 4.69) is 31.2 Å². The summed E-state index contributed by atoms with van der Waals surface area (Å²) in [7, 11) is 1.74. The first-order valence-electron chi connectivity index (χ1n) is 12.0. The van der Waals surface area contributed by atoms with Crippen LogP contribution in [0.3, 0.4) is 0 Å². The molecule has 9 nitrogen and oxygen atoms in total. The van der Waals surface area contributed by atoms with Crippen molar-refractivity contribution in [3.05, 3.63) is 77.6 Å². The fourth-order valence-corrected chi connectivity index (χ4v) is 3.34. The van der Waals surface area contributed by atoms with Crippen LogP contribution in [0.2, 0.25) is 0 Å². The molecule has 2 aromatic heterocycles. The second-order valence-electron chi connectivity index (χ2n) is 8.31. The van der Waals surface area contributed by atoms with Crippen LogP contribution in [0, 0.1) is 5.82 Å². The van der Waals surface area contributed by atoms with Gasteiger partial charge in [-0.3, -0.25) is 19.6 Å². The molecule has 2 heterocycles. The molecule has 0 unspecified atom stereocenters. The zero-order valence-electron chi connectivity index (χ0n) is 21.1. The summed E-state index contributed by atoms with van der Waals surface area (Å²) < 4.78 is 58.2. The fraction of sp³-hybridized carbons (Fsp3) is 0.308. The van der Waals surface area contributed by atoms with Gasteiger partial charge in [-0.05, 0) is 42.8 Å². The van der Waals surface area contributed by atoms with Gasteiger partial charge in [-0.15, -0.1) is 0 Å². The quantitative estimate of drug-likeness (QED) is 0.186. The first-order chi connectivity index (χ1) is 18.7. The Labute approximate surface area is 222 Å². The minimum atomic E-state index is -4.72. The molecule has 2 amide bonds. The van der Waals surface area contributed by atoms with Crippen LogP contribution in [0.15, 0.2) is 55.0 Å². The first kappa shape index (κ1) is 29.3. The predicted molar refractivity (Wildman–Crippen MR) is 137 cm³/mol. The number of nitrogens with zero attached hydrogens (tertiary/aromatic N) is 2. The number of rotatable bonds is 13. The molecule has 0 aliphatic carbocycles. The highest BCUT2D eigenvalue weighted by molar-refractivity contribution is 5.94. The Morgan fingerprint density at radius 1 is 0.974 bits per heavy atom. The Morgan fingerprint density at radius 3 is 2.51 bits per heavy atom. The summed E-state index contributed by atoms with van der Waals surface area (Å²) in [5.41, 5.74) is 0.526. The minimum absolute atomic E-state index is 0.124. The van der Waals surface area contributed by atoms with Crippen molar-refractivity contribution in [1.82, 2.24) is 20.6 Å². The van der Waals surface area contributed by atoms with Gasteiger partial charge in [0.2, 0.25) is 5.91 Å². The number of halogens is 4. The van der Waals surface area contributed by atoms with E-state index in [1.165, 1.54) is 18.5 Å². The van der Waals surface area contributed by atoms with Crippen LogP contribution in [-0.4, -0.2) is 48.6 Å². The summed E-state index contributed by atoms with van der Waals surface area (Å²) in [6.07, 6.45) is 0.381. The number of carbonyl (C=O) groups is 2. The van der Waals surface area contributed by atoms with Gasteiger partial charge < -0.3 is 26.0 Å². The highest BCUT2D eigenvalue weighted by Crippen LogP contribution is 2.36. The van der Waals surface area contributed by atoms with E-state index in [-0.39, 0.29) is 42.8 Å². The van der Waals surface area contributed by atoms with Gasteiger partial charge in [0.25, 0.3) is 5.91 Å². The largest absolute Gasteiger partial charge is 0.418 e. The van der Waals surface area contributed by atoms with Crippen LogP contribution in [0.25, 0.3) is 0 Å². The van der Waals surface area contributed by atoms with Gasteiger partial charge >= 0.3 is 6.18 Å². The molecule has 13 heteroatoms. The smallest absolute Gasteiger partial charge is 0.387 e. The Balaban J connectivity index is 1.31. The van der Waals surface area contributed by atoms with E-state index in [9.17, 15) is 27.2 Å². The number of benzene rings is 1. The molecule has 0 fully saturated rings. The molecule has 0 radical (unpaired) electrons. The standard InChI is InChI=1S/C26H28F4N6O3/c1-31-21-11-17(13-32-14-21)25(38)33-8-2-9-39-10-7-24(37)35-15-19-4-5-20(16-34-19)36-23-6-3-18(27)12-22(23)26(28,29)30/h3-6,11-14,16,31,36H,2,7-10,15H2,1H3,(H,33,38)(H,35,37). The van der Waals surface area contributed by atoms with E-state index < -0.39 is 17.6 Å². The Kier molecular flexibility index (Phi) is 10.6. The topological polar surface area (TPSA) is 117 Å². The van der Waals surface area contributed by atoms with Gasteiger partial charge in [0, 0.05) is 39.0 Å². The van der Waals surface area contributed by atoms with Crippen molar-refractivity contribution in [2.24, 2.45) is 0 Å². The summed E-state index contributed by atoms with van der Waals surface area (Å²) in [5, 5.41) is 11.0. The van der Waals surface area contributed by atoms with Crippen molar-refractivity contribution in [3.63, 3.8) is 0 Å². The van der Waals surface area contributed by atoms with Gasteiger partial charge in [0.1, 0.15) is 5.82 Å². The van der Waals surface area contributed by atoms with Gasteiger partial charge in [-0.25, -0.2) is 4.39 Å². The average Bonchev–Trinajstić information content (AvgIpc) is 2.92. The van der Waals surface area contributed by atoms with Crippen LogP contribution in [0.5, 0.6) is 0 Å². The summed E-state index contributed by atoms with van der Waals surface area (Å²) in [4.78, 5) is 32.3. The lowest BCUT2D eigenvalue weighted by Crippen LogP contribution is -2.26. The van der Waals surface area contributed by atoms with Crippen LogP contribution in [0.4, 0.5) is 34.6 Å². The molecule has 208 valence electrons. The lowest BCUT2D eigenvalue weighted by atomic mass is 10.1. The summed E-state index contributed by atoms with van der Waals surface area (Å²) in [5.74, 6) is -1.49. The van der Waals surface area contributed by atoms with Gasteiger partial charge in [0.15, 0.2) is 0 Å². The maximum absolute atomic E-state index is 13.3. The normalized spacial score (nSPS) is 11.1. The van der Waals surface area contributed by atoms with E-state index in [0.29, 0.717) is 36.9 Å². The minimum Gasteiger partial charge on any atom is -0.387 e. The number of amides is 2. The van der Waals surface area contributed by atoms with Crippen molar-refractivity contribution in [2.75, 3.05) is 37.4 Å². The van der Waals surface area contributed by atoms with Gasteiger partial charge in [-0.2, -0.15) is 13.2 Å². The third-order valence-corrected chi connectivity index (χ3v) is 5.37. The van der Waals surface area contributed by atoms with E-state index in [0.717, 1.165) is 17.8 Å². The van der Waals surface area contributed by atoms with Crippen molar-refractivity contribution in [1.29, 1.82) is 0 Å². The highest BCUT2D eigenvalue weighted by Gasteiger charge is 2.34. The Hall–Kier alpha value is -4.26. The molecule has 0 saturated heterocycles. The van der Waals surface area contributed by atoms with E-state index in [1.807, 2.05) is 0 Å². The highest BCUT2D eigenvalue weighted by atomic mass is 19.4. The molecule has 0 aliphatic rings. The maximum Gasteiger partial charge on any atom is 0.418 e. The molecule has 39 heavy (non-hydrogen) atoms. The third-order valence-electron chi connectivity index (χ3n) is 5.37. The monoisotopic (exact) mass is 548 g/mol. The number of ether oxygens (including phenoxy) is 1. The van der Waals surface area contributed by atoms with Crippen molar-refractivity contribution in [2.45, 2.75) is 25.6 Å². The van der Waals surface area contributed by atoms with Crippen molar-refractivity contribution in [3.8, 4) is 0 Å². The van der Waals surface area contributed by atoms with Crippen LogP contribution in [-0.2, 0) is 22.3 Å². The zero-order chi connectivity index (χ0) is 28.3. The number of nitrogens with one attached hydrogen (secondary N) is 4.